The van der Waals surface area contributed by atoms with Gasteiger partial charge in [0.15, 0.2) is 0 Å². The Morgan fingerprint density at radius 3 is 2.20 bits per heavy atom. The Morgan fingerprint density at radius 1 is 1.00 bits per heavy atom. The van der Waals surface area contributed by atoms with Crippen LogP contribution >= 0.6 is 0 Å². The Morgan fingerprint density at radius 2 is 1.60 bits per heavy atom. The lowest BCUT2D eigenvalue weighted by atomic mass is 9.65. The average Bonchev–Trinajstić information content (AvgIpc) is 2.50. The summed E-state index contributed by atoms with van der Waals surface area (Å²) in [7, 11) is 0. The van der Waals surface area contributed by atoms with Gasteiger partial charge >= 0.3 is 0 Å². The SMILES string of the molecule is CC(C)(C)CC1CCCC2(CCCC2)C1. The van der Waals surface area contributed by atoms with Gasteiger partial charge in [0.25, 0.3) is 0 Å². The van der Waals surface area contributed by atoms with Crippen molar-refractivity contribution in [3.05, 3.63) is 0 Å². The third-order valence-electron chi connectivity index (χ3n) is 4.61. The molecule has 0 bridgehead atoms. The highest BCUT2D eigenvalue weighted by molar-refractivity contribution is 4.90. The van der Waals surface area contributed by atoms with Crippen LogP contribution in [0.1, 0.15) is 78.6 Å². The summed E-state index contributed by atoms with van der Waals surface area (Å²) in [6.45, 7) is 7.22. The predicted molar refractivity (Wildman–Crippen MR) is 66.9 cm³/mol. The van der Waals surface area contributed by atoms with Crippen molar-refractivity contribution >= 4 is 0 Å². The van der Waals surface area contributed by atoms with Crippen LogP contribution < -0.4 is 0 Å². The van der Waals surface area contributed by atoms with E-state index in [2.05, 4.69) is 20.8 Å². The van der Waals surface area contributed by atoms with Gasteiger partial charge in [-0.2, -0.15) is 0 Å². The summed E-state index contributed by atoms with van der Waals surface area (Å²) in [5.74, 6) is 1.04. The lowest BCUT2D eigenvalue weighted by Gasteiger charge is -2.40. The van der Waals surface area contributed by atoms with Crippen LogP contribution in [0.5, 0.6) is 0 Å². The number of hydrogen-bond donors (Lipinski definition) is 0. The molecule has 0 aliphatic heterocycles. The highest BCUT2D eigenvalue weighted by Crippen LogP contribution is 2.52. The van der Waals surface area contributed by atoms with E-state index in [0.29, 0.717) is 5.41 Å². The van der Waals surface area contributed by atoms with Crippen molar-refractivity contribution in [3.8, 4) is 0 Å². The van der Waals surface area contributed by atoms with Crippen molar-refractivity contribution in [2.75, 3.05) is 0 Å². The smallest absolute Gasteiger partial charge is 0.0295 e. The zero-order valence-corrected chi connectivity index (χ0v) is 10.9. The highest BCUT2D eigenvalue weighted by Gasteiger charge is 2.39. The molecule has 0 saturated heterocycles. The second-order valence-electron chi connectivity index (χ2n) is 7.43. The minimum absolute atomic E-state index is 0.543. The van der Waals surface area contributed by atoms with Crippen molar-refractivity contribution in [1.29, 1.82) is 0 Å². The van der Waals surface area contributed by atoms with E-state index in [1.165, 1.54) is 32.1 Å². The van der Waals surface area contributed by atoms with Crippen LogP contribution in [0.2, 0.25) is 0 Å². The molecule has 0 aromatic rings. The van der Waals surface area contributed by atoms with Gasteiger partial charge in [0.05, 0.1) is 0 Å². The van der Waals surface area contributed by atoms with Crippen molar-refractivity contribution < 1.29 is 0 Å². The van der Waals surface area contributed by atoms with Gasteiger partial charge in [-0.25, -0.2) is 0 Å². The molecule has 15 heavy (non-hydrogen) atoms. The minimum Gasteiger partial charge on any atom is -0.0602 e. The molecule has 2 aliphatic carbocycles. The molecule has 2 aliphatic rings. The van der Waals surface area contributed by atoms with Gasteiger partial charge in [-0.05, 0) is 48.9 Å². The molecule has 88 valence electrons. The van der Waals surface area contributed by atoms with E-state index in [9.17, 15) is 0 Å². The fourth-order valence-corrected chi connectivity index (χ4v) is 4.20. The Kier molecular flexibility index (Phi) is 3.14. The Bertz CT molecular complexity index is 203. The van der Waals surface area contributed by atoms with Crippen molar-refractivity contribution in [2.24, 2.45) is 16.7 Å². The van der Waals surface area contributed by atoms with E-state index in [1.807, 2.05) is 0 Å². The molecule has 0 nitrogen and oxygen atoms in total. The minimum atomic E-state index is 0.543. The van der Waals surface area contributed by atoms with Crippen LogP contribution in [0.3, 0.4) is 0 Å². The van der Waals surface area contributed by atoms with Crippen LogP contribution in [0.4, 0.5) is 0 Å². The zero-order chi connectivity index (χ0) is 10.9. The van der Waals surface area contributed by atoms with Crippen molar-refractivity contribution in [2.45, 2.75) is 78.6 Å². The van der Waals surface area contributed by atoms with Gasteiger partial charge in [0.2, 0.25) is 0 Å². The summed E-state index contributed by atoms with van der Waals surface area (Å²) in [6, 6.07) is 0. The first-order chi connectivity index (χ1) is 6.99. The second kappa shape index (κ2) is 4.11. The Hall–Kier alpha value is 0. The van der Waals surface area contributed by atoms with Crippen LogP contribution in [-0.2, 0) is 0 Å². The summed E-state index contributed by atoms with van der Waals surface area (Å²) in [5, 5.41) is 0. The third kappa shape index (κ3) is 2.98. The second-order valence-corrected chi connectivity index (χ2v) is 7.43. The van der Waals surface area contributed by atoms with E-state index in [4.69, 9.17) is 0 Å². The fourth-order valence-electron chi connectivity index (χ4n) is 4.20. The molecule has 0 N–H and O–H groups in total. The molecule has 1 unspecified atom stereocenters. The first-order valence-electron chi connectivity index (χ1n) is 6.99. The van der Waals surface area contributed by atoms with Crippen molar-refractivity contribution in [3.63, 3.8) is 0 Å². The summed E-state index contributed by atoms with van der Waals surface area (Å²) in [6.07, 6.45) is 13.7. The first-order valence-corrected chi connectivity index (χ1v) is 6.99. The van der Waals surface area contributed by atoms with Gasteiger partial charge in [0.1, 0.15) is 0 Å². The average molecular weight is 208 g/mol. The summed E-state index contributed by atoms with van der Waals surface area (Å²) < 4.78 is 0. The van der Waals surface area contributed by atoms with Gasteiger partial charge in [-0.3, -0.25) is 0 Å². The van der Waals surface area contributed by atoms with Crippen LogP contribution in [0.25, 0.3) is 0 Å². The molecule has 1 atom stereocenters. The molecule has 0 heterocycles. The molecule has 0 radical (unpaired) electrons. The first kappa shape index (κ1) is 11.5. The summed E-state index contributed by atoms with van der Waals surface area (Å²) in [4.78, 5) is 0. The maximum Gasteiger partial charge on any atom is -0.0295 e. The van der Waals surface area contributed by atoms with Crippen LogP contribution in [0, 0.1) is 16.7 Å². The molecule has 0 aromatic heterocycles. The molecular weight excluding hydrogens is 180 g/mol. The zero-order valence-electron chi connectivity index (χ0n) is 10.9. The van der Waals surface area contributed by atoms with Gasteiger partial charge in [-0.15, -0.1) is 0 Å². The van der Waals surface area contributed by atoms with E-state index >= 15 is 0 Å². The molecular formula is C15H28. The molecule has 0 amide bonds. The molecule has 0 heteroatoms. The lowest BCUT2D eigenvalue weighted by molar-refractivity contribution is 0.115. The van der Waals surface area contributed by atoms with Gasteiger partial charge < -0.3 is 0 Å². The molecule has 2 rings (SSSR count). The van der Waals surface area contributed by atoms with E-state index in [0.717, 1.165) is 11.3 Å². The van der Waals surface area contributed by atoms with E-state index in [-0.39, 0.29) is 0 Å². The standard InChI is InChI=1S/C15H28/c1-14(2,3)11-13-7-6-10-15(12-13)8-4-5-9-15/h13H,4-12H2,1-3H3. The summed E-state index contributed by atoms with van der Waals surface area (Å²) in [5.41, 5.74) is 1.36. The maximum absolute atomic E-state index is 2.41. The topological polar surface area (TPSA) is 0 Å². The fraction of sp³-hybridized carbons (Fsp3) is 1.00. The van der Waals surface area contributed by atoms with E-state index in [1.54, 1.807) is 25.7 Å². The summed E-state index contributed by atoms with van der Waals surface area (Å²) >= 11 is 0. The third-order valence-corrected chi connectivity index (χ3v) is 4.61. The predicted octanol–water partition coefficient (Wildman–Crippen LogP) is 5.17. The monoisotopic (exact) mass is 208 g/mol. The van der Waals surface area contributed by atoms with Crippen molar-refractivity contribution in [1.82, 2.24) is 0 Å². The van der Waals surface area contributed by atoms with Gasteiger partial charge in [0, 0.05) is 0 Å². The maximum atomic E-state index is 2.41. The molecule has 2 fully saturated rings. The molecule has 0 aromatic carbocycles. The Balaban J connectivity index is 1.92. The van der Waals surface area contributed by atoms with Gasteiger partial charge in [-0.1, -0.05) is 46.5 Å². The quantitative estimate of drug-likeness (QED) is 0.557. The number of hydrogen-bond acceptors (Lipinski definition) is 0. The van der Waals surface area contributed by atoms with E-state index < -0.39 is 0 Å². The van der Waals surface area contributed by atoms with Crippen LogP contribution in [-0.4, -0.2) is 0 Å². The normalized spacial score (nSPS) is 31.0. The lowest BCUT2D eigenvalue weighted by Crippen LogP contribution is -2.28. The molecule has 2 saturated carbocycles. The molecule has 1 spiro atoms. The Labute approximate surface area is 95.8 Å². The highest BCUT2D eigenvalue weighted by atomic mass is 14.4. The largest absolute Gasteiger partial charge is 0.0602 e. The van der Waals surface area contributed by atoms with Crippen LogP contribution in [0.15, 0.2) is 0 Å². The number of rotatable bonds is 1.